The van der Waals surface area contributed by atoms with E-state index in [1.807, 2.05) is 30.3 Å². The predicted molar refractivity (Wildman–Crippen MR) is 109 cm³/mol. The van der Waals surface area contributed by atoms with Crippen molar-refractivity contribution in [3.05, 3.63) is 54.2 Å². The van der Waals surface area contributed by atoms with E-state index in [1.54, 1.807) is 25.3 Å². The van der Waals surface area contributed by atoms with Crippen molar-refractivity contribution >= 4 is 17.6 Å². The number of aromatic nitrogens is 1. The maximum atomic E-state index is 12.2. The fourth-order valence-electron chi connectivity index (χ4n) is 2.86. The van der Waals surface area contributed by atoms with Crippen molar-refractivity contribution in [1.82, 2.24) is 15.6 Å². The van der Waals surface area contributed by atoms with Crippen LogP contribution in [0.2, 0.25) is 0 Å². The van der Waals surface area contributed by atoms with Gasteiger partial charge in [0.25, 0.3) is 5.91 Å². The lowest BCUT2D eigenvalue weighted by Crippen LogP contribution is -2.46. The van der Waals surface area contributed by atoms with E-state index in [2.05, 4.69) is 20.5 Å². The predicted octanol–water partition coefficient (Wildman–Crippen LogP) is 1.12. The quantitative estimate of drug-likeness (QED) is 0.692. The highest BCUT2D eigenvalue weighted by atomic mass is 16.5. The van der Waals surface area contributed by atoms with Crippen LogP contribution in [-0.4, -0.2) is 55.8 Å². The van der Waals surface area contributed by atoms with Crippen molar-refractivity contribution in [2.75, 3.05) is 37.8 Å². The van der Waals surface area contributed by atoms with Crippen molar-refractivity contribution in [3.8, 4) is 5.75 Å². The van der Waals surface area contributed by atoms with Gasteiger partial charge in [-0.3, -0.25) is 9.59 Å². The summed E-state index contributed by atoms with van der Waals surface area (Å²) in [5.41, 5.74) is 0.890. The molecule has 2 amide bonds. The first-order valence-electron chi connectivity index (χ1n) is 9.64. The van der Waals surface area contributed by atoms with Crippen LogP contribution in [0, 0.1) is 0 Å². The summed E-state index contributed by atoms with van der Waals surface area (Å²) in [5, 5.41) is 5.44. The number of anilines is 1. The molecule has 0 spiro atoms. The highest BCUT2D eigenvalue weighted by molar-refractivity contribution is 5.87. The minimum absolute atomic E-state index is 0.144. The van der Waals surface area contributed by atoms with Gasteiger partial charge in [-0.2, -0.15) is 0 Å². The first kappa shape index (κ1) is 20.6. The van der Waals surface area contributed by atoms with E-state index in [-0.39, 0.29) is 18.4 Å². The molecular formula is C21H26N4O4. The number of hydrogen-bond donors (Lipinski definition) is 2. The Kier molecular flexibility index (Phi) is 7.40. The average molecular weight is 398 g/mol. The van der Waals surface area contributed by atoms with Gasteiger partial charge in [-0.15, -0.1) is 0 Å². The Morgan fingerprint density at radius 3 is 2.62 bits per heavy atom. The maximum Gasteiger partial charge on any atom is 0.258 e. The molecule has 1 unspecified atom stereocenters. The van der Waals surface area contributed by atoms with Crippen LogP contribution in [0.1, 0.15) is 12.5 Å². The Labute approximate surface area is 170 Å². The van der Waals surface area contributed by atoms with E-state index in [0.29, 0.717) is 25.5 Å². The molecule has 1 fully saturated rings. The first-order valence-corrected chi connectivity index (χ1v) is 9.64. The van der Waals surface area contributed by atoms with E-state index in [9.17, 15) is 9.59 Å². The number of hydrogen-bond acceptors (Lipinski definition) is 6. The summed E-state index contributed by atoms with van der Waals surface area (Å²) in [7, 11) is 0. The smallest absolute Gasteiger partial charge is 0.258 e. The zero-order valence-electron chi connectivity index (χ0n) is 16.5. The summed E-state index contributed by atoms with van der Waals surface area (Å²) in [4.78, 5) is 30.8. The zero-order chi connectivity index (χ0) is 20.5. The van der Waals surface area contributed by atoms with Crippen molar-refractivity contribution in [1.29, 1.82) is 0 Å². The van der Waals surface area contributed by atoms with Gasteiger partial charge in [-0.1, -0.05) is 24.3 Å². The molecule has 0 radical (unpaired) electrons. The van der Waals surface area contributed by atoms with Gasteiger partial charge >= 0.3 is 0 Å². The molecule has 3 rings (SSSR count). The molecule has 0 saturated carbocycles. The van der Waals surface area contributed by atoms with Crippen LogP contribution >= 0.6 is 0 Å². The average Bonchev–Trinajstić information content (AvgIpc) is 2.77. The normalized spacial score (nSPS) is 14.7. The standard InChI is InChI=1S/C21H26N4O4/c1-16(24-20(26)15-29-18-5-3-2-4-6-18)21(27)23-14-17-7-8-19(22-13-17)25-9-11-28-12-10-25/h2-8,13,16H,9-12,14-15H2,1H3,(H,23,27)(H,24,26). The molecule has 1 aliphatic heterocycles. The number of carbonyl (C=O) groups excluding carboxylic acids is 2. The van der Waals surface area contributed by atoms with Crippen LogP contribution in [0.5, 0.6) is 5.75 Å². The third-order valence-corrected chi connectivity index (χ3v) is 4.49. The van der Waals surface area contributed by atoms with E-state index >= 15 is 0 Å². The Morgan fingerprint density at radius 2 is 1.93 bits per heavy atom. The van der Waals surface area contributed by atoms with Gasteiger partial charge < -0.3 is 25.0 Å². The summed E-state index contributed by atoms with van der Waals surface area (Å²) in [6, 6.07) is 12.3. The minimum Gasteiger partial charge on any atom is -0.484 e. The van der Waals surface area contributed by atoms with Gasteiger partial charge in [-0.25, -0.2) is 4.98 Å². The monoisotopic (exact) mass is 398 g/mol. The minimum atomic E-state index is -0.664. The number of morpholine rings is 1. The van der Waals surface area contributed by atoms with Crippen LogP contribution in [0.15, 0.2) is 48.7 Å². The number of nitrogens with one attached hydrogen (secondary N) is 2. The number of benzene rings is 1. The molecule has 0 aliphatic carbocycles. The number of rotatable bonds is 8. The molecule has 8 heteroatoms. The number of amides is 2. The van der Waals surface area contributed by atoms with E-state index in [1.165, 1.54) is 0 Å². The molecule has 2 N–H and O–H groups in total. The third-order valence-electron chi connectivity index (χ3n) is 4.49. The molecule has 2 heterocycles. The molecule has 1 aromatic carbocycles. The van der Waals surface area contributed by atoms with Crippen LogP contribution in [0.3, 0.4) is 0 Å². The molecule has 8 nitrogen and oxygen atoms in total. The molecule has 2 aromatic rings. The van der Waals surface area contributed by atoms with Crippen molar-refractivity contribution < 1.29 is 19.1 Å². The van der Waals surface area contributed by atoms with Gasteiger partial charge in [0.15, 0.2) is 6.61 Å². The fraction of sp³-hybridized carbons (Fsp3) is 0.381. The largest absolute Gasteiger partial charge is 0.484 e. The molecule has 1 aromatic heterocycles. The van der Waals surface area contributed by atoms with Crippen LogP contribution in [-0.2, 0) is 20.9 Å². The number of nitrogens with zero attached hydrogens (tertiary/aromatic N) is 2. The van der Waals surface area contributed by atoms with Crippen LogP contribution in [0.25, 0.3) is 0 Å². The van der Waals surface area contributed by atoms with Gasteiger partial charge in [-0.05, 0) is 30.7 Å². The van der Waals surface area contributed by atoms with Gasteiger partial charge in [0.1, 0.15) is 17.6 Å². The number of para-hydroxylation sites is 1. The van der Waals surface area contributed by atoms with E-state index in [0.717, 1.165) is 24.5 Å². The molecule has 154 valence electrons. The summed E-state index contributed by atoms with van der Waals surface area (Å²) in [6.45, 7) is 4.90. The van der Waals surface area contributed by atoms with Gasteiger partial charge in [0.2, 0.25) is 5.91 Å². The lowest BCUT2D eigenvalue weighted by molar-refractivity contribution is -0.129. The van der Waals surface area contributed by atoms with Crippen LogP contribution in [0.4, 0.5) is 5.82 Å². The highest BCUT2D eigenvalue weighted by Gasteiger charge is 2.16. The van der Waals surface area contributed by atoms with Gasteiger partial charge in [0, 0.05) is 25.8 Å². The Hall–Kier alpha value is -3.13. The topological polar surface area (TPSA) is 92.8 Å². The molecule has 1 aliphatic rings. The van der Waals surface area contributed by atoms with Gasteiger partial charge in [0.05, 0.1) is 13.2 Å². The van der Waals surface area contributed by atoms with Crippen molar-refractivity contribution in [2.24, 2.45) is 0 Å². The van der Waals surface area contributed by atoms with Crippen molar-refractivity contribution in [2.45, 2.75) is 19.5 Å². The Bertz CT molecular complexity index is 792. The van der Waals surface area contributed by atoms with E-state index in [4.69, 9.17) is 9.47 Å². The summed E-state index contributed by atoms with van der Waals surface area (Å²) >= 11 is 0. The SMILES string of the molecule is CC(NC(=O)COc1ccccc1)C(=O)NCc1ccc(N2CCOCC2)nc1. The maximum absolute atomic E-state index is 12.2. The molecule has 29 heavy (non-hydrogen) atoms. The Morgan fingerprint density at radius 1 is 1.17 bits per heavy atom. The summed E-state index contributed by atoms with van der Waals surface area (Å²) < 4.78 is 10.7. The van der Waals surface area contributed by atoms with Crippen molar-refractivity contribution in [3.63, 3.8) is 0 Å². The third kappa shape index (κ3) is 6.46. The zero-order valence-corrected chi connectivity index (χ0v) is 16.5. The molecule has 0 bridgehead atoms. The summed E-state index contributed by atoms with van der Waals surface area (Å²) in [6.07, 6.45) is 1.75. The van der Waals surface area contributed by atoms with E-state index < -0.39 is 6.04 Å². The second-order valence-corrected chi connectivity index (χ2v) is 6.73. The molecule has 1 atom stereocenters. The highest BCUT2D eigenvalue weighted by Crippen LogP contribution is 2.13. The second-order valence-electron chi connectivity index (χ2n) is 6.73. The summed E-state index contributed by atoms with van der Waals surface area (Å²) in [5.74, 6) is 0.888. The fourth-order valence-corrected chi connectivity index (χ4v) is 2.86. The van der Waals surface area contributed by atoms with Crippen LogP contribution < -0.4 is 20.3 Å². The Balaban J connectivity index is 1.39. The first-order chi connectivity index (χ1) is 14.1. The lowest BCUT2D eigenvalue weighted by Gasteiger charge is -2.27. The second kappa shape index (κ2) is 10.4. The lowest BCUT2D eigenvalue weighted by atomic mass is 10.2. The number of carbonyl (C=O) groups is 2. The molecular weight excluding hydrogens is 372 g/mol. The molecule has 1 saturated heterocycles. The number of ether oxygens (including phenoxy) is 2. The number of pyridine rings is 1.